The number of phenolic OH excluding ortho intramolecular Hbond substituents is 1. The van der Waals surface area contributed by atoms with Gasteiger partial charge in [0.2, 0.25) is 0 Å². The van der Waals surface area contributed by atoms with Crippen molar-refractivity contribution < 1.29 is 14.6 Å². The summed E-state index contributed by atoms with van der Waals surface area (Å²) in [5.74, 6) is 0.193. The SMILES string of the molecule is COc1cccc(O)c1C(=O)N(C)C1CCN(C)CC1. The molecular formula is C15H22N2O3. The Balaban J connectivity index is 2.18. The molecule has 5 heteroatoms. The third kappa shape index (κ3) is 2.88. The fraction of sp³-hybridized carbons (Fsp3) is 0.533. The van der Waals surface area contributed by atoms with E-state index in [0.717, 1.165) is 25.9 Å². The van der Waals surface area contributed by atoms with E-state index >= 15 is 0 Å². The van der Waals surface area contributed by atoms with Crippen LogP contribution < -0.4 is 4.74 Å². The second-order valence-electron chi connectivity index (χ2n) is 5.30. The summed E-state index contributed by atoms with van der Waals surface area (Å²) in [6.45, 7) is 1.97. The number of phenols is 1. The van der Waals surface area contributed by atoms with Gasteiger partial charge in [-0.25, -0.2) is 0 Å². The van der Waals surface area contributed by atoms with Crippen LogP contribution in [0.5, 0.6) is 11.5 Å². The van der Waals surface area contributed by atoms with Gasteiger partial charge >= 0.3 is 0 Å². The summed E-state index contributed by atoms with van der Waals surface area (Å²) in [7, 11) is 5.38. The van der Waals surface area contributed by atoms with E-state index in [4.69, 9.17) is 4.74 Å². The first-order chi connectivity index (χ1) is 9.54. The van der Waals surface area contributed by atoms with Crippen LogP contribution in [0, 0.1) is 0 Å². The number of likely N-dealkylation sites (tertiary alicyclic amines) is 1. The molecule has 0 atom stereocenters. The van der Waals surface area contributed by atoms with Crippen LogP contribution in [0.1, 0.15) is 23.2 Å². The second-order valence-corrected chi connectivity index (χ2v) is 5.30. The monoisotopic (exact) mass is 278 g/mol. The molecule has 0 aliphatic carbocycles. The van der Waals surface area contributed by atoms with Crippen molar-refractivity contribution in [1.29, 1.82) is 0 Å². The van der Waals surface area contributed by atoms with Gasteiger partial charge in [-0.05, 0) is 45.1 Å². The lowest BCUT2D eigenvalue weighted by Crippen LogP contribution is -2.44. The predicted octanol–water partition coefficient (Wildman–Crippen LogP) is 1.57. The average Bonchev–Trinajstić information content (AvgIpc) is 2.46. The minimum Gasteiger partial charge on any atom is -0.507 e. The zero-order valence-corrected chi connectivity index (χ0v) is 12.3. The Hall–Kier alpha value is -1.75. The summed E-state index contributed by atoms with van der Waals surface area (Å²) >= 11 is 0. The Morgan fingerprint density at radius 2 is 2.05 bits per heavy atom. The number of nitrogens with zero attached hydrogens (tertiary/aromatic N) is 2. The largest absolute Gasteiger partial charge is 0.507 e. The smallest absolute Gasteiger partial charge is 0.261 e. The van der Waals surface area contributed by atoms with E-state index < -0.39 is 0 Å². The van der Waals surface area contributed by atoms with E-state index in [1.54, 1.807) is 24.1 Å². The molecule has 1 amide bonds. The van der Waals surface area contributed by atoms with Gasteiger partial charge in [0.1, 0.15) is 17.1 Å². The van der Waals surface area contributed by atoms with Crippen molar-refractivity contribution in [3.8, 4) is 11.5 Å². The van der Waals surface area contributed by atoms with E-state index in [0.29, 0.717) is 5.75 Å². The molecule has 0 saturated carbocycles. The molecule has 2 rings (SSSR count). The van der Waals surface area contributed by atoms with Gasteiger partial charge in [-0.2, -0.15) is 0 Å². The molecule has 20 heavy (non-hydrogen) atoms. The van der Waals surface area contributed by atoms with Gasteiger partial charge in [0.25, 0.3) is 5.91 Å². The number of rotatable bonds is 3. The van der Waals surface area contributed by atoms with Crippen LogP contribution >= 0.6 is 0 Å². The molecule has 0 spiro atoms. The minimum atomic E-state index is -0.186. The van der Waals surface area contributed by atoms with Crippen LogP contribution in [0.4, 0.5) is 0 Å². The first-order valence-corrected chi connectivity index (χ1v) is 6.86. The van der Waals surface area contributed by atoms with Gasteiger partial charge < -0.3 is 19.6 Å². The number of hydrogen-bond acceptors (Lipinski definition) is 4. The highest BCUT2D eigenvalue weighted by Gasteiger charge is 2.28. The molecule has 1 aromatic carbocycles. The van der Waals surface area contributed by atoms with Crippen LogP contribution in [0.3, 0.4) is 0 Å². The highest BCUT2D eigenvalue weighted by atomic mass is 16.5. The molecule has 0 aromatic heterocycles. The average molecular weight is 278 g/mol. The molecule has 1 heterocycles. The zero-order chi connectivity index (χ0) is 14.7. The first-order valence-electron chi connectivity index (χ1n) is 6.86. The van der Waals surface area contributed by atoms with Gasteiger partial charge in [-0.1, -0.05) is 6.07 Å². The number of methoxy groups -OCH3 is 1. The summed E-state index contributed by atoms with van der Waals surface area (Å²) in [5.41, 5.74) is 0.247. The molecule has 1 aliphatic heterocycles. The maximum absolute atomic E-state index is 12.6. The molecular weight excluding hydrogens is 256 g/mol. The van der Waals surface area contributed by atoms with Crippen molar-refractivity contribution in [3.63, 3.8) is 0 Å². The molecule has 1 saturated heterocycles. The van der Waals surface area contributed by atoms with Gasteiger partial charge in [0.05, 0.1) is 7.11 Å². The van der Waals surface area contributed by atoms with E-state index in [9.17, 15) is 9.90 Å². The van der Waals surface area contributed by atoms with E-state index in [2.05, 4.69) is 11.9 Å². The molecule has 0 unspecified atom stereocenters. The Bertz CT molecular complexity index is 482. The quantitative estimate of drug-likeness (QED) is 0.912. The Morgan fingerprint density at radius 3 is 2.65 bits per heavy atom. The number of hydrogen-bond donors (Lipinski definition) is 1. The normalized spacial score (nSPS) is 16.9. The van der Waals surface area contributed by atoms with Crippen LogP contribution in [0.2, 0.25) is 0 Å². The molecule has 5 nitrogen and oxygen atoms in total. The Labute approximate surface area is 119 Å². The first kappa shape index (κ1) is 14.7. The third-order valence-electron chi connectivity index (χ3n) is 3.99. The number of carbonyl (C=O) groups is 1. The zero-order valence-electron chi connectivity index (χ0n) is 12.3. The molecule has 1 fully saturated rings. The minimum absolute atomic E-state index is 0.0332. The van der Waals surface area contributed by atoms with Crippen LogP contribution in [0.25, 0.3) is 0 Å². The number of benzene rings is 1. The van der Waals surface area contributed by atoms with Crippen molar-refractivity contribution in [2.24, 2.45) is 0 Å². The Morgan fingerprint density at radius 1 is 1.40 bits per heavy atom. The number of amides is 1. The number of ether oxygens (including phenoxy) is 1. The lowest BCUT2D eigenvalue weighted by Gasteiger charge is -2.35. The highest BCUT2D eigenvalue weighted by Crippen LogP contribution is 2.29. The van der Waals surface area contributed by atoms with E-state index in [1.165, 1.54) is 13.2 Å². The summed E-state index contributed by atoms with van der Waals surface area (Å²) in [5, 5.41) is 9.95. The van der Waals surface area contributed by atoms with Crippen molar-refractivity contribution in [1.82, 2.24) is 9.80 Å². The topological polar surface area (TPSA) is 53.0 Å². The Kier molecular flexibility index (Phi) is 4.49. The van der Waals surface area contributed by atoms with Crippen molar-refractivity contribution >= 4 is 5.91 Å². The van der Waals surface area contributed by atoms with Crippen molar-refractivity contribution in [2.45, 2.75) is 18.9 Å². The number of aromatic hydroxyl groups is 1. The lowest BCUT2D eigenvalue weighted by molar-refractivity contribution is 0.0653. The highest BCUT2D eigenvalue weighted by molar-refractivity contribution is 5.99. The maximum atomic E-state index is 12.6. The van der Waals surface area contributed by atoms with E-state index in [-0.39, 0.29) is 23.3 Å². The fourth-order valence-corrected chi connectivity index (χ4v) is 2.63. The predicted molar refractivity (Wildman–Crippen MR) is 77.3 cm³/mol. The standard InChI is InChI=1S/C15H22N2O3/c1-16-9-7-11(8-10-16)17(2)15(19)14-12(18)5-4-6-13(14)20-3/h4-6,11,18H,7-10H2,1-3H3. The van der Waals surface area contributed by atoms with Gasteiger partial charge in [-0.3, -0.25) is 4.79 Å². The summed E-state index contributed by atoms with van der Waals surface area (Å²) in [4.78, 5) is 16.6. The van der Waals surface area contributed by atoms with Crippen LogP contribution in [-0.4, -0.2) is 61.2 Å². The van der Waals surface area contributed by atoms with Gasteiger partial charge in [0.15, 0.2) is 0 Å². The summed E-state index contributed by atoms with van der Waals surface area (Å²) in [6.07, 6.45) is 1.91. The molecule has 0 radical (unpaired) electrons. The maximum Gasteiger partial charge on any atom is 0.261 e. The van der Waals surface area contributed by atoms with Crippen molar-refractivity contribution in [2.75, 3.05) is 34.3 Å². The molecule has 1 aromatic rings. The molecule has 1 aliphatic rings. The van der Waals surface area contributed by atoms with E-state index in [1.807, 2.05) is 0 Å². The summed E-state index contributed by atoms with van der Waals surface area (Å²) < 4.78 is 5.19. The van der Waals surface area contributed by atoms with Gasteiger partial charge in [0, 0.05) is 13.1 Å². The summed E-state index contributed by atoms with van der Waals surface area (Å²) in [6, 6.07) is 5.08. The van der Waals surface area contributed by atoms with Crippen molar-refractivity contribution in [3.05, 3.63) is 23.8 Å². The van der Waals surface area contributed by atoms with Gasteiger partial charge in [-0.15, -0.1) is 0 Å². The second kappa shape index (κ2) is 6.13. The number of carbonyl (C=O) groups excluding carboxylic acids is 1. The van der Waals surface area contributed by atoms with Crippen LogP contribution in [-0.2, 0) is 0 Å². The lowest BCUT2D eigenvalue weighted by atomic mass is 10.0. The molecule has 1 N–H and O–H groups in total. The fourth-order valence-electron chi connectivity index (χ4n) is 2.63. The molecule has 0 bridgehead atoms. The van der Waals surface area contributed by atoms with Crippen LogP contribution in [0.15, 0.2) is 18.2 Å². The molecule has 110 valence electrons. The number of piperidine rings is 1. The third-order valence-corrected chi connectivity index (χ3v) is 3.99.